The molecule has 2 heterocycles. The van der Waals surface area contributed by atoms with Gasteiger partial charge in [0.25, 0.3) is 5.91 Å². The largest absolute Gasteiger partial charge is 0.305 e. The molecule has 0 unspecified atom stereocenters. The maximum Gasteiger partial charge on any atom is 0.261 e. The van der Waals surface area contributed by atoms with Crippen LogP contribution in [0.3, 0.4) is 0 Å². The fraction of sp³-hybridized carbons (Fsp3) is 0.238. The zero-order valence-corrected chi connectivity index (χ0v) is 15.2. The summed E-state index contributed by atoms with van der Waals surface area (Å²) in [6.45, 7) is 4.19. The fourth-order valence-corrected chi connectivity index (χ4v) is 3.66. The number of para-hydroxylation sites is 1. The number of aromatic nitrogens is 2. The summed E-state index contributed by atoms with van der Waals surface area (Å²) < 4.78 is 29.7. The molecule has 3 aromatic rings. The van der Waals surface area contributed by atoms with Crippen LogP contribution in [-0.2, 0) is 6.42 Å². The van der Waals surface area contributed by atoms with Crippen molar-refractivity contribution in [3.63, 3.8) is 0 Å². The van der Waals surface area contributed by atoms with Gasteiger partial charge in [-0.15, -0.1) is 0 Å². The second-order valence-electron chi connectivity index (χ2n) is 6.80. The van der Waals surface area contributed by atoms with E-state index in [9.17, 15) is 13.6 Å². The van der Waals surface area contributed by atoms with Gasteiger partial charge in [-0.1, -0.05) is 18.2 Å². The molecule has 27 heavy (non-hydrogen) atoms. The summed E-state index contributed by atoms with van der Waals surface area (Å²) in [4.78, 5) is 14.6. The summed E-state index contributed by atoms with van der Waals surface area (Å²) in [6, 6.07) is 9.90. The number of carbonyl (C=O) groups excluding carboxylic acids is 1. The Balaban J connectivity index is 1.75. The highest BCUT2D eigenvalue weighted by molar-refractivity contribution is 6.07. The molecule has 6 heteroatoms. The summed E-state index contributed by atoms with van der Waals surface area (Å²) in [7, 11) is 0. The van der Waals surface area contributed by atoms with Crippen LogP contribution in [0, 0.1) is 25.5 Å². The lowest BCUT2D eigenvalue weighted by Crippen LogP contribution is -2.36. The van der Waals surface area contributed by atoms with Gasteiger partial charge in [0, 0.05) is 12.6 Å². The zero-order valence-electron chi connectivity index (χ0n) is 15.2. The summed E-state index contributed by atoms with van der Waals surface area (Å²) in [6.07, 6.45) is 2.72. The average Bonchev–Trinajstić information content (AvgIpc) is 3.02. The molecule has 1 aliphatic heterocycles. The highest BCUT2D eigenvalue weighted by Crippen LogP contribution is 2.32. The summed E-state index contributed by atoms with van der Waals surface area (Å²) in [5.74, 6) is -1.65. The van der Waals surface area contributed by atoms with Crippen LogP contribution in [0.25, 0.3) is 5.69 Å². The highest BCUT2D eigenvalue weighted by Gasteiger charge is 2.29. The maximum atomic E-state index is 14.4. The SMILES string of the molecule is Cc1ccccc1-n1ncc(C(=O)N2CCCc3cc(F)cc(F)c32)c1C. The molecule has 2 aromatic carbocycles. The van der Waals surface area contributed by atoms with Crippen LogP contribution in [0.4, 0.5) is 14.5 Å². The zero-order chi connectivity index (χ0) is 19.1. The predicted octanol–water partition coefficient (Wildman–Crippen LogP) is 4.36. The molecule has 0 bridgehead atoms. The lowest BCUT2D eigenvalue weighted by molar-refractivity contribution is 0.0983. The van der Waals surface area contributed by atoms with Crippen molar-refractivity contribution in [2.24, 2.45) is 0 Å². The van der Waals surface area contributed by atoms with Crippen LogP contribution in [0.5, 0.6) is 0 Å². The van der Waals surface area contributed by atoms with Gasteiger partial charge < -0.3 is 4.90 Å². The van der Waals surface area contributed by atoms with E-state index in [1.54, 1.807) is 4.68 Å². The molecular formula is C21H19F2N3O. The molecule has 0 N–H and O–H groups in total. The molecule has 1 amide bonds. The first-order chi connectivity index (χ1) is 13.0. The third kappa shape index (κ3) is 2.91. The van der Waals surface area contributed by atoms with Gasteiger partial charge in [-0.2, -0.15) is 5.10 Å². The van der Waals surface area contributed by atoms with E-state index in [1.165, 1.54) is 17.2 Å². The predicted molar refractivity (Wildman–Crippen MR) is 99.4 cm³/mol. The Labute approximate surface area is 156 Å². The Kier molecular flexibility index (Phi) is 4.26. The van der Waals surface area contributed by atoms with Crippen molar-refractivity contribution in [3.05, 3.63) is 76.6 Å². The average molecular weight is 367 g/mol. The van der Waals surface area contributed by atoms with Gasteiger partial charge in [-0.25, -0.2) is 13.5 Å². The number of rotatable bonds is 2. The van der Waals surface area contributed by atoms with Gasteiger partial charge >= 0.3 is 0 Å². The first kappa shape index (κ1) is 17.4. The van der Waals surface area contributed by atoms with Crippen molar-refractivity contribution in [3.8, 4) is 5.69 Å². The van der Waals surface area contributed by atoms with Crippen molar-refractivity contribution >= 4 is 11.6 Å². The molecule has 0 spiro atoms. The van der Waals surface area contributed by atoms with Gasteiger partial charge in [-0.3, -0.25) is 4.79 Å². The second kappa shape index (κ2) is 6.61. The molecule has 138 valence electrons. The Hall–Kier alpha value is -3.02. The Morgan fingerprint density at radius 1 is 1.15 bits per heavy atom. The third-order valence-corrected chi connectivity index (χ3v) is 5.03. The van der Waals surface area contributed by atoms with Crippen LogP contribution >= 0.6 is 0 Å². The second-order valence-corrected chi connectivity index (χ2v) is 6.80. The van der Waals surface area contributed by atoms with Crippen molar-refractivity contribution in [2.45, 2.75) is 26.7 Å². The number of benzene rings is 2. The van der Waals surface area contributed by atoms with E-state index in [2.05, 4.69) is 5.10 Å². The van der Waals surface area contributed by atoms with Gasteiger partial charge in [0.1, 0.15) is 11.6 Å². The smallest absolute Gasteiger partial charge is 0.261 e. The molecular weight excluding hydrogens is 348 g/mol. The summed E-state index contributed by atoms with van der Waals surface area (Å²) >= 11 is 0. The Morgan fingerprint density at radius 2 is 1.93 bits per heavy atom. The number of fused-ring (bicyclic) bond motifs is 1. The summed E-state index contributed by atoms with van der Waals surface area (Å²) in [5.41, 5.74) is 3.72. The van der Waals surface area contributed by atoms with Crippen LogP contribution in [0.15, 0.2) is 42.6 Å². The number of hydrogen-bond donors (Lipinski definition) is 0. The molecule has 0 saturated heterocycles. The van der Waals surface area contributed by atoms with Gasteiger partial charge in [-0.05, 0) is 49.9 Å². The quantitative estimate of drug-likeness (QED) is 0.675. The number of aryl methyl sites for hydroxylation is 2. The van der Waals surface area contributed by atoms with Crippen LogP contribution in [0.1, 0.15) is 33.6 Å². The Morgan fingerprint density at radius 3 is 2.70 bits per heavy atom. The molecule has 0 aliphatic carbocycles. The number of anilines is 1. The molecule has 4 nitrogen and oxygen atoms in total. The number of amides is 1. The first-order valence-corrected chi connectivity index (χ1v) is 8.88. The van der Waals surface area contributed by atoms with Crippen molar-refractivity contribution in [2.75, 3.05) is 11.4 Å². The van der Waals surface area contributed by atoms with Crippen LogP contribution in [-0.4, -0.2) is 22.2 Å². The molecule has 0 fully saturated rings. The van der Waals surface area contributed by atoms with Gasteiger partial charge in [0.15, 0.2) is 0 Å². The van der Waals surface area contributed by atoms with Crippen LogP contribution in [0.2, 0.25) is 0 Å². The van der Waals surface area contributed by atoms with Gasteiger partial charge in [0.2, 0.25) is 0 Å². The van der Waals surface area contributed by atoms with Gasteiger partial charge in [0.05, 0.1) is 28.8 Å². The Bertz CT molecular complexity index is 1040. The number of halogens is 2. The first-order valence-electron chi connectivity index (χ1n) is 8.88. The molecule has 0 radical (unpaired) electrons. The van der Waals surface area contributed by atoms with E-state index in [0.717, 1.165) is 17.3 Å². The van der Waals surface area contributed by atoms with E-state index >= 15 is 0 Å². The minimum atomic E-state index is -0.706. The maximum absolute atomic E-state index is 14.4. The minimum absolute atomic E-state index is 0.177. The van der Waals surface area contributed by atoms with Crippen molar-refractivity contribution in [1.29, 1.82) is 0 Å². The van der Waals surface area contributed by atoms with E-state index in [0.29, 0.717) is 36.2 Å². The molecule has 1 aromatic heterocycles. The van der Waals surface area contributed by atoms with E-state index in [4.69, 9.17) is 0 Å². The standard InChI is InChI=1S/C21H19F2N3O/c1-13-6-3-4-8-19(13)26-14(2)17(12-24-26)21(27)25-9-5-7-15-10-16(22)11-18(23)20(15)25/h3-4,6,8,10-12H,5,7,9H2,1-2H3. The summed E-state index contributed by atoms with van der Waals surface area (Å²) in [5, 5.41) is 4.37. The third-order valence-electron chi connectivity index (χ3n) is 5.03. The molecule has 4 rings (SSSR count). The molecule has 1 aliphatic rings. The lowest BCUT2D eigenvalue weighted by Gasteiger charge is -2.29. The lowest BCUT2D eigenvalue weighted by atomic mass is 10.00. The van der Waals surface area contributed by atoms with Crippen molar-refractivity contribution < 1.29 is 13.6 Å². The number of hydrogen-bond acceptors (Lipinski definition) is 2. The van der Waals surface area contributed by atoms with Crippen LogP contribution < -0.4 is 4.90 Å². The minimum Gasteiger partial charge on any atom is -0.305 e. The highest BCUT2D eigenvalue weighted by atomic mass is 19.1. The monoisotopic (exact) mass is 367 g/mol. The molecule has 0 atom stereocenters. The number of carbonyl (C=O) groups is 1. The fourth-order valence-electron chi connectivity index (χ4n) is 3.66. The normalized spacial score (nSPS) is 13.6. The van der Waals surface area contributed by atoms with Crippen molar-refractivity contribution in [1.82, 2.24) is 9.78 Å². The van der Waals surface area contributed by atoms with E-state index in [1.807, 2.05) is 38.1 Å². The topological polar surface area (TPSA) is 38.1 Å². The number of nitrogens with zero attached hydrogens (tertiary/aromatic N) is 3. The van der Waals surface area contributed by atoms with E-state index in [-0.39, 0.29) is 11.6 Å². The van der Waals surface area contributed by atoms with E-state index < -0.39 is 11.6 Å². The molecule has 0 saturated carbocycles.